The Labute approximate surface area is 124 Å². The molecule has 2 unspecified atom stereocenters. The van der Waals surface area contributed by atoms with Gasteiger partial charge < -0.3 is 4.57 Å². The van der Waals surface area contributed by atoms with Crippen molar-refractivity contribution >= 4 is 22.6 Å². The van der Waals surface area contributed by atoms with Crippen LogP contribution in [0.4, 0.5) is 17.6 Å². The average Bonchev–Trinajstić information content (AvgIpc) is 2.66. The van der Waals surface area contributed by atoms with Crippen molar-refractivity contribution in [2.75, 3.05) is 0 Å². The van der Waals surface area contributed by atoms with Gasteiger partial charge in [-0.05, 0) is 32.4 Å². The van der Waals surface area contributed by atoms with Crippen molar-refractivity contribution < 1.29 is 17.6 Å². The summed E-state index contributed by atoms with van der Waals surface area (Å²) in [4.78, 5) is 4.19. The number of fused-ring (bicyclic) bond motifs is 1. The third kappa shape index (κ3) is 3.31. The predicted molar refractivity (Wildman–Crippen MR) is 74.1 cm³/mol. The Hall–Kier alpha value is -1.30. The quantitative estimate of drug-likeness (QED) is 0.554. The summed E-state index contributed by atoms with van der Waals surface area (Å²) < 4.78 is 53.0. The molecule has 1 aromatic carbocycles. The molecule has 2 aromatic rings. The summed E-state index contributed by atoms with van der Waals surface area (Å²) in [6.45, 7) is 4.64. The van der Waals surface area contributed by atoms with Crippen LogP contribution in [0.3, 0.4) is 0 Å². The molecule has 1 aromatic heterocycles. The summed E-state index contributed by atoms with van der Waals surface area (Å²) in [7, 11) is 0. The molecular formula is C14H15ClF4N2. The van der Waals surface area contributed by atoms with Crippen LogP contribution in [-0.4, -0.2) is 15.7 Å². The van der Waals surface area contributed by atoms with E-state index in [1.165, 1.54) is 23.6 Å². The zero-order valence-corrected chi connectivity index (χ0v) is 12.6. The molecule has 0 fully saturated rings. The second-order valence-corrected chi connectivity index (χ2v) is 5.87. The number of hydrogen-bond acceptors (Lipinski definition) is 1. The number of nitrogens with zero attached hydrogens (tertiary/aromatic N) is 2. The lowest BCUT2D eigenvalue weighted by Gasteiger charge is -2.20. The van der Waals surface area contributed by atoms with Crippen LogP contribution in [-0.2, 0) is 0 Å². The molecule has 0 aliphatic rings. The van der Waals surface area contributed by atoms with E-state index >= 15 is 0 Å². The molecule has 0 saturated heterocycles. The zero-order chi connectivity index (χ0) is 15.9. The topological polar surface area (TPSA) is 17.8 Å². The number of halogens is 5. The van der Waals surface area contributed by atoms with Crippen molar-refractivity contribution in [2.45, 2.75) is 44.8 Å². The fraction of sp³-hybridized carbons (Fsp3) is 0.500. The predicted octanol–water partition coefficient (Wildman–Crippen LogP) is 5.30. The number of benzene rings is 1. The normalized spacial score (nSPS) is 15.4. The molecular weight excluding hydrogens is 308 g/mol. The molecule has 21 heavy (non-hydrogen) atoms. The van der Waals surface area contributed by atoms with Crippen molar-refractivity contribution in [1.82, 2.24) is 9.55 Å². The lowest BCUT2D eigenvalue weighted by Crippen LogP contribution is -2.18. The number of rotatable bonds is 3. The van der Waals surface area contributed by atoms with Crippen LogP contribution in [0.25, 0.3) is 11.0 Å². The van der Waals surface area contributed by atoms with Gasteiger partial charge in [0.05, 0.1) is 22.8 Å². The van der Waals surface area contributed by atoms with Crippen LogP contribution in [0.5, 0.6) is 0 Å². The minimum Gasteiger partial charge on any atom is -0.324 e. The molecule has 0 amide bonds. The van der Waals surface area contributed by atoms with E-state index in [1.54, 1.807) is 13.8 Å². The number of alkyl halides is 4. The van der Waals surface area contributed by atoms with E-state index in [2.05, 4.69) is 4.98 Å². The second kappa shape index (κ2) is 5.48. The summed E-state index contributed by atoms with van der Waals surface area (Å²) in [6.07, 6.45) is -5.29. The first-order valence-electron chi connectivity index (χ1n) is 6.49. The third-order valence-corrected chi connectivity index (χ3v) is 3.52. The summed E-state index contributed by atoms with van der Waals surface area (Å²) in [6, 6.07) is 1.87. The Bertz CT molecular complexity index is 661. The van der Waals surface area contributed by atoms with Gasteiger partial charge in [-0.2, -0.15) is 13.2 Å². The Morgan fingerprint density at radius 2 is 1.90 bits per heavy atom. The maximum Gasteiger partial charge on any atom is 0.391 e. The van der Waals surface area contributed by atoms with Crippen LogP contribution in [0, 0.1) is 12.7 Å². The van der Waals surface area contributed by atoms with E-state index in [1.807, 2.05) is 0 Å². The highest BCUT2D eigenvalue weighted by molar-refractivity contribution is 6.20. The summed E-state index contributed by atoms with van der Waals surface area (Å²) in [5.41, 5.74) is 1.14. The standard InChI is InChI=1S/C14H15ClF4N2/c1-7-4-12-11(5-10(7)16)20-13(9(3)15)21(12)8(2)6-14(17,18)19/h4-5,8-9H,6H2,1-3H3. The minimum absolute atomic E-state index is 0.313. The summed E-state index contributed by atoms with van der Waals surface area (Å²) in [5.74, 6) is -0.127. The van der Waals surface area contributed by atoms with Gasteiger partial charge in [-0.3, -0.25) is 0 Å². The first-order valence-corrected chi connectivity index (χ1v) is 6.92. The number of hydrogen-bond donors (Lipinski definition) is 0. The maximum atomic E-state index is 13.6. The monoisotopic (exact) mass is 322 g/mol. The molecule has 2 atom stereocenters. The van der Waals surface area contributed by atoms with E-state index in [-0.39, 0.29) is 0 Å². The molecule has 1 heterocycles. The number of aromatic nitrogens is 2. The highest BCUT2D eigenvalue weighted by atomic mass is 35.5. The van der Waals surface area contributed by atoms with Crippen molar-refractivity contribution in [1.29, 1.82) is 0 Å². The molecule has 0 bridgehead atoms. The maximum absolute atomic E-state index is 13.6. The van der Waals surface area contributed by atoms with E-state index in [9.17, 15) is 17.6 Å². The minimum atomic E-state index is -4.29. The van der Waals surface area contributed by atoms with Gasteiger partial charge in [-0.25, -0.2) is 9.37 Å². The fourth-order valence-corrected chi connectivity index (χ4v) is 2.56. The van der Waals surface area contributed by atoms with Gasteiger partial charge in [-0.1, -0.05) is 0 Å². The highest BCUT2D eigenvalue weighted by Crippen LogP contribution is 2.34. The molecule has 0 N–H and O–H groups in total. The molecule has 2 rings (SSSR count). The number of aryl methyl sites for hydroxylation is 1. The van der Waals surface area contributed by atoms with Crippen LogP contribution in [0.1, 0.15) is 43.1 Å². The Morgan fingerprint density at radius 3 is 2.43 bits per heavy atom. The molecule has 0 aliphatic heterocycles. The molecule has 2 nitrogen and oxygen atoms in total. The second-order valence-electron chi connectivity index (χ2n) is 5.21. The zero-order valence-electron chi connectivity index (χ0n) is 11.8. The van der Waals surface area contributed by atoms with Crippen molar-refractivity contribution in [3.05, 3.63) is 29.3 Å². The average molecular weight is 323 g/mol. The highest BCUT2D eigenvalue weighted by Gasteiger charge is 2.32. The molecule has 0 spiro atoms. The first kappa shape index (κ1) is 16.1. The lowest BCUT2D eigenvalue weighted by atomic mass is 10.1. The van der Waals surface area contributed by atoms with E-state index < -0.39 is 29.8 Å². The van der Waals surface area contributed by atoms with Gasteiger partial charge in [0.25, 0.3) is 0 Å². The Balaban J connectivity index is 2.63. The number of imidazole rings is 1. The van der Waals surface area contributed by atoms with Crippen molar-refractivity contribution in [2.24, 2.45) is 0 Å². The van der Waals surface area contributed by atoms with Gasteiger partial charge in [0.15, 0.2) is 0 Å². The first-order chi connectivity index (χ1) is 9.60. The van der Waals surface area contributed by atoms with Crippen LogP contribution >= 0.6 is 11.6 Å². The van der Waals surface area contributed by atoms with Gasteiger partial charge in [-0.15, -0.1) is 11.6 Å². The smallest absolute Gasteiger partial charge is 0.324 e. The molecule has 0 saturated carbocycles. The van der Waals surface area contributed by atoms with Crippen molar-refractivity contribution in [3.8, 4) is 0 Å². The van der Waals surface area contributed by atoms with Crippen molar-refractivity contribution in [3.63, 3.8) is 0 Å². The van der Waals surface area contributed by atoms with Crippen LogP contribution < -0.4 is 0 Å². The lowest BCUT2D eigenvalue weighted by molar-refractivity contribution is -0.141. The summed E-state index contributed by atoms with van der Waals surface area (Å²) in [5, 5.41) is -0.573. The molecule has 7 heteroatoms. The molecule has 0 radical (unpaired) electrons. The van der Waals surface area contributed by atoms with Crippen LogP contribution in [0.2, 0.25) is 0 Å². The van der Waals surface area contributed by atoms with Gasteiger partial charge in [0, 0.05) is 12.1 Å². The Morgan fingerprint density at radius 1 is 1.29 bits per heavy atom. The van der Waals surface area contributed by atoms with E-state index in [0.717, 1.165) is 0 Å². The van der Waals surface area contributed by atoms with E-state index in [4.69, 9.17) is 11.6 Å². The van der Waals surface area contributed by atoms with Crippen LogP contribution in [0.15, 0.2) is 12.1 Å². The SMILES string of the molecule is Cc1cc2c(cc1F)nc(C(C)Cl)n2C(C)CC(F)(F)F. The fourth-order valence-electron chi connectivity index (χ4n) is 2.41. The van der Waals surface area contributed by atoms with Gasteiger partial charge in [0.2, 0.25) is 0 Å². The van der Waals surface area contributed by atoms with Gasteiger partial charge >= 0.3 is 6.18 Å². The third-order valence-electron chi connectivity index (χ3n) is 3.32. The van der Waals surface area contributed by atoms with E-state index in [0.29, 0.717) is 22.4 Å². The largest absolute Gasteiger partial charge is 0.391 e. The molecule has 116 valence electrons. The Kier molecular flexibility index (Phi) is 4.19. The molecule has 0 aliphatic carbocycles. The van der Waals surface area contributed by atoms with Gasteiger partial charge in [0.1, 0.15) is 11.6 Å². The summed E-state index contributed by atoms with van der Waals surface area (Å²) >= 11 is 6.02.